The van der Waals surface area contributed by atoms with E-state index in [1.165, 1.54) is 12.1 Å². The Labute approximate surface area is 115 Å². The summed E-state index contributed by atoms with van der Waals surface area (Å²) in [7, 11) is 0. The van der Waals surface area contributed by atoms with Gasteiger partial charge in [0, 0.05) is 12.0 Å². The molecular weight excluding hydrogens is 270 g/mol. The molecule has 0 aliphatic carbocycles. The summed E-state index contributed by atoms with van der Waals surface area (Å²) < 4.78 is 26.3. The number of carbonyl (C=O) groups is 2. The van der Waals surface area contributed by atoms with Crippen molar-refractivity contribution in [1.29, 1.82) is 0 Å². The molecule has 7 heteroatoms. The number of hydrogen-bond acceptors (Lipinski definition) is 2. The van der Waals surface area contributed by atoms with E-state index in [2.05, 4.69) is 10.6 Å². The van der Waals surface area contributed by atoms with Crippen molar-refractivity contribution in [1.82, 2.24) is 5.32 Å². The topological polar surface area (TPSA) is 78.4 Å². The molecule has 1 aromatic rings. The van der Waals surface area contributed by atoms with E-state index in [4.69, 9.17) is 5.11 Å². The number of benzene rings is 1. The monoisotopic (exact) mass is 286 g/mol. The van der Waals surface area contributed by atoms with E-state index < -0.39 is 29.2 Å². The minimum atomic E-state index is -1.15. The number of anilines is 1. The van der Waals surface area contributed by atoms with Crippen LogP contribution in [0.4, 0.5) is 19.3 Å². The predicted octanol–water partition coefficient (Wildman–Crippen LogP) is 2.73. The molecule has 0 aliphatic heterocycles. The Morgan fingerprint density at radius 3 is 2.55 bits per heavy atom. The van der Waals surface area contributed by atoms with E-state index >= 15 is 0 Å². The maximum Gasteiger partial charge on any atom is 0.319 e. The zero-order valence-electron chi connectivity index (χ0n) is 11.2. The number of rotatable bonds is 5. The van der Waals surface area contributed by atoms with Crippen molar-refractivity contribution in [3.63, 3.8) is 0 Å². The van der Waals surface area contributed by atoms with Crippen molar-refractivity contribution in [2.45, 2.75) is 32.2 Å². The zero-order valence-corrected chi connectivity index (χ0v) is 11.2. The molecule has 0 aliphatic rings. The van der Waals surface area contributed by atoms with Crippen LogP contribution in [0.15, 0.2) is 18.2 Å². The average molecular weight is 286 g/mol. The van der Waals surface area contributed by atoms with Crippen LogP contribution < -0.4 is 10.6 Å². The number of carbonyl (C=O) groups excluding carboxylic acids is 1. The van der Waals surface area contributed by atoms with Crippen LogP contribution in [0.5, 0.6) is 0 Å². The molecule has 110 valence electrons. The normalized spacial score (nSPS) is 11.0. The van der Waals surface area contributed by atoms with Gasteiger partial charge >= 0.3 is 12.0 Å². The molecule has 3 N–H and O–H groups in total. The summed E-state index contributed by atoms with van der Waals surface area (Å²) in [6.07, 6.45) is 0.100. The Morgan fingerprint density at radius 1 is 1.30 bits per heavy atom. The highest BCUT2D eigenvalue weighted by Crippen LogP contribution is 2.17. The fourth-order valence-electron chi connectivity index (χ4n) is 1.54. The first-order valence-corrected chi connectivity index (χ1v) is 5.96. The predicted molar refractivity (Wildman–Crippen MR) is 69.5 cm³/mol. The number of nitrogens with one attached hydrogen (secondary N) is 2. The van der Waals surface area contributed by atoms with Crippen molar-refractivity contribution >= 4 is 17.7 Å². The Kier molecular flexibility index (Phi) is 5.01. The third kappa shape index (κ3) is 4.83. The molecular formula is C13H16F2N2O3. The lowest BCUT2D eigenvalue weighted by Crippen LogP contribution is -2.45. The Bertz CT molecular complexity index is 518. The molecule has 0 spiro atoms. The minimum absolute atomic E-state index is 0.110. The minimum Gasteiger partial charge on any atom is -0.481 e. The molecule has 1 rings (SSSR count). The van der Waals surface area contributed by atoms with Gasteiger partial charge in [0.05, 0.1) is 5.69 Å². The van der Waals surface area contributed by atoms with Gasteiger partial charge in [0.2, 0.25) is 0 Å². The second-order valence-corrected chi connectivity index (χ2v) is 4.96. The first-order chi connectivity index (χ1) is 9.21. The van der Waals surface area contributed by atoms with Crippen molar-refractivity contribution < 1.29 is 23.5 Å². The van der Waals surface area contributed by atoms with Gasteiger partial charge in [0.15, 0.2) is 11.6 Å². The van der Waals surface area contributed by atoms with Gasteiger partial charge in [-0.05, 0) is 32.4 Å². The van der Waals surface area contributed by atoms with Crippen LogP contribution in [0, 0.1) is 11.6 Å². The molecule has 0 atom stereocenters. The maximum atomic E-state index is 13.4. The summed E-state index contributed by atoms with van der Waals surface area (Å²) in [5.41, 5.74) is -1.07. The van der Waals surface area contributed by atoms with Crippen molar-refractivity contribution in [2.75, 3.05) is 5.32 Å². The molecule has 5 nitrogen and oxygen atoms in total. The van der Waals surface area contributed by atoms with Gasteiger partial charge in [-0.25, -0.2) is 13.6 Å². The summed E-state index contributed by atoms with van der Waals surface area (Å²) in [5, 5.41) is 13.3. The molecule has 0 bridgehead atoms. The van der Waals surface area contributed by atoms with Gasteiger partial charge in [-0.2, -0.15) is 0 Å². The third-order valence-corrected chi connectivity index (χ3v) is 2.62. The number of carboxylic acids is 1. The van der Waals surface area contributed by atoms with Gasteiger partial charge in [0.1, 0.15) is 0 Å². The molecule has 0 saturated heterocycles. The van der Waals surface area contributed by atoms with Crippen molar-refractivity contribution in [3.05, 3.63) is 29.8 Å². The van der Waals surface area contributed by atoms with Gasteiger partial charge in [0.25, 0.3) is 0 Å². The molecule has 2 amide bonds. The van der Waals surface area contributed by atoms with Crippen molar-refractivity contribution in [3.8, 4) is 0 Å². The SMILES string of the molecule is CC(C)(CCC(=O)O)NC(=O)Nc1cccc(F)c1F. The molecule has 0 unspecified atom stereocenters. The van der Waals surface area contributed by atoms with Gasteiger partial charge in [-0.1, -0.05) is 6.07 Å². The zero-order chi connectivity index (χ0) is 15.3. The summed E-state index contributed by atoms with van der Waals surface area (Å²) in [4.78, 5) is 22.2. The second kappa shape index (κ2) is 6.31. The molecule has 0 fully saturated rings. The number of hydrogen-bond donors (Lipinski definition) is 3. The lowest BCUT2D eigenvalue weighted by molar-refractivity contribution is -0.137. The number of halogens is 2. The molecule has 1 aromatic carbocycles. The van der Waals surface area contributed by atoms with Crippen LogP contribution in [0.1, 0.15) is 26.7 Å². The second-order valence-electron chi connectivity index (χ2n) is 4.96. The summed E-state index contributed by atoms with van der Waals surface area (Å²) in [5.74, 6) is -3.18. The van der Waals surface area contributed by atoms with E-state index in [9.17, 15) is 18.4 Å². The first-order valence-electron chi connectivity index (χ1n) is 5.96. The summed E-state index contributed by atoms with van der Waals surface area (Å²) >= 11 is 0. The van der Waals surface area contributed by atoms with Crippen LogP contribution in [0.2, 0.25) is 0 Å². The van der Waals surface area contributed by atoms with Crippen LogP contribution >= 0.6 is 0 Å². The van der Waals surface area contributed by atoms with Crippen LogP contribution in [0.3, 0.4) is 0 Å². The lowest BCUT2D eigenvalue weighted by atomic mass is 9.99. The van der Waals surface area contributed by atoms with Crippen LogP contribution in [-0.2, 0) is 4.79 Å². The fourth-order valence-corrected chi connectivity index (χ4v) is 1.54. The van der Waals surface area contributed by atoms with E-state index in [1.807, 2.05) is 0 Å². The van der Waals surface area contributed by atoms with Gasteiger partial charge in [-0.15, -0.1) is 0 Å². The van der Waals surface area contributed by atoms with Crippen molar-refractivity contribution in [2.24, 2.45) is 0 Å². The molecule has 0 saturated carbocycles. The first kappa shape index (κ1) is 15.9. The van der Waals surface area contributed by atoms with Crippen LogP contribution in [-0.4, -0.2) is 22.6 Å². The number of carboxylic acid groups (broad SMARTS) is 1. The molecule has 0 heterocycles. The van der Waals surface area contributed by atoms with E-state index in [1.54, 1.807) is 13.8 Å². The van der Waals surface area contributed by atoms with E-state index in [-0.39, 0.29) is 18.5 Å². The fraction of sp³-hybridized carbons (Fsp3) is 0.385. The van der Waals surface area contributed by atoms with E-state index in [0.29, 0.717) is 0 Å². The molecule has 20 heavy (non-hydrogen) atoms. The number of aliphatic carboxylic acids is 1. The maximum absolute atomic E-state index is 13.4. The summed E-state index contributed by atoms with van der Waals surface area (Å²) in [6, 6.07) is 2.70. The number of amides is 2. The van der Waals surface area contributed by atoms with Gasteiger partial charge in [-0.3, -0.25) is 4.79 Å². The Hall–Kier alpha value is -2.18. The Morgan fingerprint density at radius 2 is 1.95 bits per heavy atom. The third-order valence-electron chi connectivity index (χ3n) is 2.62. The van der Waals surface area contributed by atoms with Crippen LogP contribution in [0.25, 0.3) is 0 Å². The summed E-state index contributed by atoms with van der Waals surface area (Å²) in [6.45, 7) is 3.27. The standard InChI is InChI=1S/C13H16F2N2O3/c1-13(2,7-6-10(18)19)17-12(20)16-9-5-3-4-8(14)11(9)15/h3-5H,6-7H2,1-2H3,(H,18,19)(H2,16,17,20). The number of urea groups is 1. The highest BCUT2D eigenvalue weighted by Gasteiger charge is 2.22. The molecule has 0 radical (unpaired) electrons. The lowest BCUT2D eigenvalue weighted by Gasteiger charge is -2.25. The quantitative estimate of drug-likeness (QED) is 0.778. The average Bonchev–Trinajstić information content (AvgIpc) is 2.32. The largest absolute Gasteiger partial charge is 0.481 e. The van der Waals surface area contributed by atoms with Gasteiger partial charge < -0.3 is 15.7 Å². The highest BCUT2D eigenvalue weighted by atomic mass is 19.2. The molecule has 0 aromatic heterocycles. The Balaban J connectivity index is 2.63. The smallest absolute Gasteiger partial charge is 0.319 e. The van der Waals surface area contributed by atoms with E-state index in [0.717, 1.165) is 6.07 Å². The highest BCUT2D eigenvalue weighted by molar-refractivity contribution is 5.89.